The van der Waals surface area contributed by atoms with Crippen LogP contribution in [-0.4, -0.2) is 70.2 Å². The second-order valence-corrected chi connectivity index (χ2v) is 11.1. The van der Waals surface area contributed by atoms with Gasteiger partial charge in [-0.25, -0.2) is 24.1 Å². The zero-order valence-electron chi connectivity index (χ0n) is 25.8. The molecule has 46 heavy (non-hydrogen) atoms. The standard InChI is InChI=1S/C31H37N5O10/c1-31(2,3)45-29(41)33-23(26(39)46-36-24(37)16-17-25(36)38)15-10-18-35(30(42)44-20-22-13-8-5-9-14-22)27(32)34-28(40)43-19-21-11-6-4-7-12-21/h4-9,11-14,23H,10,15-20H2,1-3H3,(H,33,41)(H2,32,34,40)/t23-/m0/s1. The lowest BCUT2D eigenvalue weighted by atomic mass is 10.1. The fourth-order valence-electron chi connectivity index (χ4n) is 3.98. The van der Waals surface area contributed by atoms with E-state index in [1.54, 1.807) is 81.4 Å². The van der Waals surface area contributed by atoms with E-state index >= 15 is 0 Å². The van der Waals surface area contributed by atoms with Crippen molar-refractivity contribution in [1.29, 1.82) is 5.41 Å². The maximum Gasteiger partial charge on any atom is 0.416 e. The lowest BCUT2D eigenvalue weighted by molar-refractivity contribution is -0.199. The van der Waals surface area contributed by atoms with Crippen LogP contribution >= 0.6 is 0 Å². The van der Waals surface area contributed by atoms with Gasteiger partial charge >= 0.3 is 24.2 Å². The molecule has 0 spiro atoms. The van der Waals surface area contributed by atoms with Gasteiger partial charge < -0.3 is 24.4 Å². The highest BCUT2D eigenvalue weighted by Gasteiger charge is 2.36. The smallest absolute Gasteiger partial charge is 0.416 e. The van der Waals surface area contributed by atoms with Crippen LogP contribution in [0.2, 0.25) is 0 Å². The number of alkyl carbamates (subject to hydrolysis) is 2. The van der Waals surface area contributed by atoms with Gasteiger partial charge in [0, 0.05) is 19.4 Å². The van der Waals surface area contributed by atoms with E-state index < -0.39 is 53.7 Å². The Balaban J connectivity index is 1.69. The molecule has 15 heteroatoms. The Kier molecular flexibility index (Phi) is 12.6. The van der Waals surface area contributed by atoms with Crippen molar-refractivity contribution >= 4 is 42.0 Å². The van der Waals surface area contributed by atoms with Gasteiger partial charge in [0.15, 0.2) is 0 Å². The molecule has 0 saturated carbocycles. The van der Waals surface area contributed by atoms with E-state index in [9.17, 15) is 28.8 Å². The molecule has 2 aromatic carbocycles. The Morgan fingerprint density at radius 3 is 1.96 bits per heavy atom. The van der Waals surface area contributed by atoms with Crippen molar-refractivity contribution in [3.05, 3.63) is 71.8 Å². The van der Waals surface area contributed by atoms with E-state index in [0.29, 0.717) is 16.2 Å². The number of nitrogens with one attached hydrogen (secondary N) is 3. The van der Waals surface area contributed by atoms with Crippen molar-refractivity contribution in [2.24, 2.45) is 0 Å². The third-order valence-corrected chi connectivity index (χ3v) is 6.17. The molecular formula is C31H37N5O10. The maximum atomic E-state index is 13.1. The molecule has 246 valence electrons. The predicted octanol–water partition coefficient (Wildman–Crippen LogP) is 3.77. The second-order valence-electron chi connectivity index (χ2n) is 11.1. The number of carbonyl (C=O) groups is 6. The topological polar surface area (TPSA) is 194 Å². The molecule has 0 unspecified atom stereocenters. The van der Waals surface area contributed by atoms with E-state index in [1.807, 2.05) is 0 Å². The van der Waals surface area contributed by atoms with Gasteiger partial charge in [-0.15, -0.1) is 5.06 Å². The summed E-state index contributed by atoms with van der Waals surface area (Å²) in [6.07, 6.45) is -3.45. The van der Waals surface area contributed by atoms with Crippen LogP contribution in [0.3, 0.4) is 0 Å². The molecule has 1 heterocycles. The van der Waals surface area contributed by atoms with Gasteiger partial charge in [0.25, 0.3) is 11.8 Å². The minimum atomic E-state index is -1.42. The first-order valence-corrected chi connectivity index (χ1v) is 14.4. The third-order valence-electron chi connectivity index (χ3n) is 6.17. The summed E-state index contributed by atoms with van der Waals surface area (Å²) in [5.74, 6) is -3.20. The van der Waals surface area contributed by atoms with Crippen LogP contribution in [0.25, 0.3) is 0 Å². The fraction of sp³-hybridized carbons (Fsp3) is 0.387. The van der Waals surface area contributed by atoms with Gasteiger partial charge in [0.05, 0.1) is 0 Å². The summed E-state index contributed by atoms with van der Waals surface area (Å²) in [5, 5.41) is 13.3. The summed E-state index contributed by atoms with van der Waals surface area (Å²) in [5.41, 5.74) is 0.471. The Morgan fingerprint density at radius 1 is 0.870 bits per heavy atom. The third kappa shape index (κ3) is 11.6. The van der Waals surface area contributed by atoms with Crippen LogP contribution in [0.4, 0.5) is 14.4 Å². The highest BCUT2D eigenvalue weighted by Crippen LogP contribution is 2.15. The van der Waals surface area contributed by atoms with Gasteiger partial charge in [-0.05, 0) is 44.7 Å². The molecular weight excluding hydrogens is 602 g/mol. The molecule has 0 aromatic heterocycles. The average Bonchev–Trinajstić information content (AvgIpc) is 3.32. The van der Waals surface area contributed by atoms with Gasteiger partial charge in [0.1, 0.15) is 24.9 Å². The summed E-state index contributed by atoms with van der Waals surface area (Å²) in [6, 6.07) is 16.2. The van der Waals surface area contributed by atoms with Crippen molar-refractivity contribution in [2.45, 2.75) is 71.3 Å². The van der Waals surface area contributed by atoms with Gasteiger partial charge in [-0.3, -0.25) is 20.3 Å². The van der Waals surface area contributed by atoms with Crippen molar-refractivity contribution in [3.8, 4) is 0 Å². The Bertz CT molecular complexity index is 1400. The number of benzene rings is 2. The van der Waals surface area contributed by atoms with Crippen LogP contribution in [0.1, 0.15) is 57.6 Å². The normalized spacial score (nSPS) is 13.3. The molecule has 1 aliphatic rings. The van der Waals surface area contributed by atoms with Gasteiger partial charge in [0.2, 0.25) is 5.96 Å². The molecule has 3 N–H and O–H groups in total. The van der Waals surface area contributed by atoms with E-state index in [-0.39, 0.29) is 45.4 Å². The van der Waals surface area contributed by atoms with E-state index in [1.165, 1.54) is 0 Å². The highest BCUT2D eigenvalue weighted by atomic mass is 16.7. The number of hydrogen-bond donors (Lipinski definition) is 3. The Hall–Kier alpha value is -5.47. The summed E-state index contributed by atoms with van der Waals surface area (Å²) < 4.78 is 15.7. The number of hydrogen-bond acceptors (Lipinski definition) is 11. The highest BCUT2D eigenvalue weighted by molar-refractivity contribution is 6.02. The monoisotopic (exact) mass is 639 g/mol. The molecule has 0 aliphatic carbocycles. The molecule has 1 aliphatic heterocycles. The zero-order valence-corrected chi connectivity index (χ0v) is 25.8. The van der Waals surface area contributed by atoms with Crippen molar-refractivity contribution in [3.63, 3.8) is 0 Å². The molecule has 0 radical (unpaired) electrons. The van der Waals surface area contributed by atoms with E-state index in [0.717, 1.165) is 4.90 Å². The average molecular weight is 640 g/mol. The Labute approximate surface area is 265 Å². The van der Waals surface area contributed by atoms with Crippen molar-refractivity contribution in [1.82, 2.24) is 20.6 Å². The number of carbonyl (C=O) groups excluding carboxylic acids is 6. The second kappa shape index (κ2) is 16.6. The van der Waals surface area contributed by atoms with Gasteiger partial charge in [-0.2, -0.15) is 0 Å². The van der Waals surface area contributed by atoms with E-state index in [4.69, 9.17) is 24.5 Å². The first-order valence-electron chi connectivity index (χ1n) is 14.4. The SMILES string of the molecule is CC(C)(C)OC(=O)N[C@@H](CCCN(C(=N)NC(=O)OCc1ccccc1)C(=O)OCc1ccccc1)C(=O)ON1C(=O)CCC1=O. The van der Waals surface area contributed by atoms with Gasteiger partial charge in [-0.1, -0.05) is 60.7 Å². The van der Waals surface area contributed by atoms with Crippen LogP contribution in [0.5, 0.6) is 0 Å². The number of guanidine groups is 1. The van der Waals surface area contributed by atoms with Crippen LogP contribution in [0, 0.1) is 5.41 Å². The van der Waals surface area contributed by atoms with Crippen LogP contribution in [0.15, 0.2) is 60.7 Å². The summed E-state index contributed by atoms with van der Waals surface area (Å²) in [6.45, 7) is 4.36. The fourth-order valence-corrected chi connectivity index (χ4v) is 3.98. The lowest BCUT2D eigenvalue weighted by Crippen LogP contribution is -2.49. The largest absolute Gasteiger partial charge is 0.444 e. The minimum Gasteiger partial charge on any atom is -0.444 e. The number of ether oxygens (including phenoxy) is 3. The quantitative estimate of drug-likeness (QED) is 0.141. The molecule has 3 rings (SSSR count). The molecule has 1 saturated heterocycles. The maximum absolute atomic E-state index is 13.1. The zero-order chi connectivity index (χ0) is 33.7. The summed E-state index contributed by atoms with van der Waals surface area (Å²) in [7, 11) is 0. The molecule has 5 amide bonds. The number of hydroxylamine groups is 2. The first-order chi connectivity index (χ1) is 21.8. The first kappa shape index (κ1) is 35.0. The lowest BCUT2D eigenvalue weighted by Gasteiger charge is -2.25. The number of rotatable bonds is 11. The minimum absolute atomic E-state index is 0.0545. The van der Waals surface area contributed by atoms with Crippen LogP contribution in [-0.2, 0) is 46.6 Å². The van der Waals surface area contributed by atoms with Crippen molar-refractivity contribution in [2.75, 3.05) is 6.54 Å². The number of imide groups is 1. The molecule has 1 fully saturated rings. The molecule has 15 nitrogen and oxygen atoms in total. The number of nitrogens with zero attached hydrogens (tertiary/aromatic N) is 2. The molecule has 1 atom stereocenters. The predicted molar refractivity (Wildman–Crippen MR) is 160 cm³/mol. The summed E-state index contributed by atoms with van der Waals surface area (Å²) >= 11 is 0. The molecule has 2 aromatic rings. The molecule has 0 bridgehead atoms. The van der Waals surface area contributed by atoms with Crippen molar-refractivity contribution < 1.29 is 47.8 Å². The number of amides is 5. The summed E-state index contributed by atoms with van der Waals surface area (Å²) in [4.78, 5) is 80.7. The Morgan fingerprint density at radius 2 is 1.41 bits per heavy atom. The van der Waals surface area contributed by atoms with Crippen LogP contribution < -0.4 is 10.6 Å². The van der Waals surface area contributed by atoms with E-state index in [2.05, 4.69) is 10.6 Å².